The van der Waals surface area contributed by atoms with Gasteiger partial charge < -0.3 is 64.2 Å². The number of aliphatic hydroxyl groups is 7. The summed E-state index contributed by atoms with van der Waals surface area (Å²) in [5.74, 6) is -0.369. The molecule has 0 aromatic rings. The zero-order valence-corrected chi connectivity index (χ0v) is 49.2. The van der Waals surface area contributed by atoms with E-state index in [-0.39, 0.29) is 25.6 Å². The minimum absolute atomic E-state index is 0.0657. The third kappa shape index (κ3) is 36.7. The van der Waals surface area contributed by atoms with Crippen LogP contribution >= 0.6 is 0 Å². The Morgan fingerprint density at radius 2 is 0.766 bits per heavy atom. The summed E-state index contributed by atoms with van der Waals surface area (Å²) in [7, 11) is 0. The number of allylic oxidation sites excluding steroid dienone is 2. The van der Waals surface area contributed by atoms with Crippen molar-refractivity contribution >= 4 is 5.97 Å². The number of unbranched alkanes of at least 4 members (excludes halogenated alkanes) is 38. The SMILES string of the molecule is CCCCCCCC/C=C\CCCCCCCCCCOCC(COC1OC(COC2OC(CO)C(O)C(O)C2O)C(O)C(O)C1O)OC(=O)CCCCCCCCCCCCCCCCCCCCCCCCCCC. The van der Waals surface area contributed by atoms with E-state index in [0.717, 1.165) is 38.5 Å². The maximum absolute atomic E-state index is 13.1. The first kappa shape index (κ1) is 71.8. The standard InChI is InChI=1S/C63H120O14/c1-3-5-7-9-11-13-15-17-19-21-23-24-25-26-27-28-29-30-32-34-36-38-40-42-44-46-55(65)75-52(49-72-47-45-43-41-39-37-35-33-31-22-20-18-16-14-12-10-8-6-4-2)50-73-62-61(71)59(69)57(67)54(77-62)51-74-63-60(70)58(68)56(66)53(48-64)76-63/h18,20,52-54,56-64,66-71H,3-17,19,21-51H2,1-2H3/b20-18-. The van der Waals surface area contributed by atoms with Gasteiger partial charge in [-0.3, -0.25) is 4.79 Å². The Hall–Kier alpha value is -1.27. The van der Waals surface area contributed by atoms with Gasteiger partial charge in [-0.1, -0.05) is 251 Å². The summed E-state index contributed by atoms with van der Waals surface area (Å²) in [6, 6.07) is 0. The summed E-state index contributed by atoms with van der Waals surface area (Å²) in [4.78, 5) is 13.1. The first-order valence-corrected chi connectivity index (χ1v) is 32.3. The van der Waals surface area contributed by atoms with Crippen LogP contribution in [-0.2, 0) is 33.2 Å². The Labute approximate surface area is 469 Å². The molecule has 0 aliphatic carbocycles. The minimum atomic E-state index is -1.70. The first-order chi connectivity index (χ1) is 37.6. The van der Waals surface area contributed by atoms with E-state index in [1.807, 2.05) is 0 Å². The molecule has 0 bridgehead atoms. The Balaban J connectivity index is 1.65. The highest BCUT2D eigenvalue weighted by Gasteiger charge is 2.47. The molecule has 2 saturated heterocycles. The smallest absolute Gasteiger partial charge is 0.306 e. The highest BCUT2D eigenvalue weighted by Crippen LogP contribution is 2.27. The van der Waals surface area contributed by atoms with E-state index in [4.69, 9.17) is 28.4 Å². The van der Waals surface area contributed by atoms with Crippen molar-refractivity contribution in [2.75, 3.05) is 33.0 Å². The van der Waals surface area contributed by atoms with Crippen molar-refractivity contribution in [3.8, 4) is 0 Å². The number of carbonyl (C=O) groups is 1. The summed E-state index contributed by atoms with van der Waals surface area (Å²) in [5, 5.41) is 72.5. The van der Waals surface area contributed by atoms with Crippen molar-refractivity contribution in [3.05, 3.63) is 12.2 Å². The van der Waals surface area contributed by atoms with Crippen molar-refractivity contribution < 1.29 is 69.0 Å². The largest absolute Gasteiger partial charge is 0.457 e. The maximum atomic E-state index is 13.1. The van der Waals surface area contributed by atoms with E-state index < -0.39 is 80.7 Å². The second kappa shape index (κ2) is 50.5. The van der Waals surface area contributed by atoms with Crippen molar-refractivity contribution in [1.82, 2.24) is 0 Å². The van der Waals surface area contributed by atoms with Crippen LogP contribution in [0.4, 0.5) is 0 Å². The molecule has 456 valence electrons. The van der Waals surface area contributed by atoms with Gasteiger partial charge in [0.1, 0.15) is 54.9 Å². The molecule has 2 aliphatic rings. The van der Waals surface area contributed by atoms with Gasteiger partial charge in [-0.25, -0.2) is 0 Å². The zero-order valence-electron chi connectivity index (χ0n) is 49.2. The van der Waals surface area contributed by atoms with Crippen LogP contribution in [0.25, 0.3) is 0 Å². The molecule has 0 amide bonds. The third-order valence-corrected chi connectivity index (χ3v) is 15.8. The molecule has 2 fully saturated rings. The fourth-order valence-corrected chi connectivity index (χ4v) is 10.6. The fraction of sp³-hybridized carbons (Fsp3) is 0.952. The van der Waals surface area contributed by atoms with E-state index in [0.29, 0.717) is 13.0 Å². The van der Waals surface area contributed by atoms with Crippen LogP contribution in [0, 0.1) is 0 Å². The van der Waals surface area contributed by atoms with E-state index in [1.165, 1.54) is 218 Å². The molecule has 14 nitrogen and oxygen atoms in total. The third-order valence-electron chi connectivity index (χ3n) is 15.8. The summed E-state index contributed by atoms with van der Waals surface area (Å²) in [5.41, 5.74) is 0. The normalized spacial score (nSPS) is 24.3. The Morgan fingerprint density at radius 3 is 1.18 bits per heavy atom. The first-order valence-electron chi connectivity index (χ1n) is 32.3. The van der Waals surface area contributed by atoms with E-state index in [2.05, 4.69) is 26.0 Å². The lowest BCUT2D eigenvalue weighted by molar-refractivity contribution is -0.332. The van der Waals surface area contributed by atoms with Crippen molar-refractivity contribution in [2.24, 2.45) is 0 Å². The summed E-state index contributed by atoms with van der Waals surface area (Å²) in [6.07, 6.45) is 41.4. The molecule has 2 heterocycles. The van der Waals surface area contributed by atoms with E-state index in [1.54, 1.807) is 0 Å². The van der Waals surface area contributed by atoms with Gasteiger partial charge in [-0.15, -0.1) is 0 Å². The van der Waals surface area contributed by atoms with Gasteiger partial charge in [-0.2, -0.15) is 0 Å². The average molecular weight is 1100 g/mol. The predicted octanol–water partition coefficient (Wildman–Crippen LogP) is 12.5. The fourth-order valence-electron chi connectivity index (χ4n) is 10.6. The number of aliphatic hydroxyl groups excluding tert-OH is 7. The van der Waals surface area contributed by atoms with Gasteiger partial charge in [0.25, 0.3) is 0 Å². The lowest BCUT2D eigenvalue weighted by Crippen LogP contribution is -2.61. The second-order valence-corrected chi connectivity index (χ2v) is 22.9. The van der Waals surface area contributed by atoms with Gasteiger partial charge in [0, 0.05) is 13.0 Å². The van der Waals surface area contributed by atoms with Gasteiger partial charge in [0.05, 0.1) is 26.4 Å². The number of rotatable bonds is 54. The predicted molar refractivity (Wildman–Crippen MR) is 307 cm³/mol. The lowest BCUT2D eigenvalue weighted by Gasteiger charge is -2.42. The van der Waals surface area contributed by atoms with Gasteiger partial charge in [-0.05, 0) is 38.5 Å². The van der Waals surface area contributed by atoms with Gasteiger partial charge >= 0.3 is 5.97 Å². The molecule has 11 atom stereocenters. The second-order valence-electron chi connectivity index (χ2n) is 22.9. The molecule has 14 heteroatoms. The number of ether oxygens (including phenoxy) is 6. The van der Waals surface area contributed by atoms with Crippen LogP contribution in [0.3, 0.4) is 0 Å². The number of hydrogen-bond acceptors (Lipinski definition) is 14. The minimum Gasteiger partial charge on any atom is -0.457 e. The van der Waals surface area contributed by atoms with Crippen molar-refractivity contribution in [3.63, 3.8) is 0 Å². The number of hydrogen-bond donors (Lipinski definition) is 7. The molecule has 2 rings (SSSR count). The molecule has 11 unspecified atom stereocenters. The number of carbonyl (C=O) groups excluding carboxylic acids is 1. The van der Waals surface area contributed by atoms with Crippen LogP contribution in [0.15, 0.2) is 12.2 Å². The topological polar surface area (TPSA) is 214 Å². The van der Waals surface area contributed by atoms with E-state index in [9.17, 15) is 40.5 Å². The van der Waals surface area contributed by atoms with Gasteiger partial charge in [0.15, 0.2) is 12.6 Å². The van der Waals surface area contributed by atoms with Crippen LogP contribution in [0.2, 0.25) is 0 Å². The van der Waals surface area contributed by atoms with Crippen molar-refractivity contribution in [2.45, 2.75) is 351 Å². The summed E-state index contributed by atoms with van der Waals surface area (Å²) < 4.78 is 34.5. The monoisotopic (exact) mass is 1100 g/mol. The number of esters is 1. The quantitative estimate of drug-likeness (QED) is 0.0172. The molecule has 0 saturated carbocycles. The Morgan fingerprint density at radius 1 is 0.416 bits per heavy atom. The molecule has 77 heavy (non-hydrogen) atoms. The highest BCUT2D eigenvalue weighted by atomic mass is 16.7. The molecule has 0 aromatic carbocycles. The van der Waals surface area contributed by atoms with E-state index >= 15 is 0 Å². The van der Waals surface area contributed by atoms with Crippen LogP contribution in [-0.4, -0.2) is 142 Å². The molecule has 0 radical (unpaired) electrons. The molecular formula is C63H120O14. The molecule has 2 aliphatic heterocycles. The van der Waals surface area contributed by atoms with Crippen LogP contribution in [0.5, 0.6) is 0 Å². The van der Waals surface area contributed by atoms with Crippen molar-refractivity contribution in [1.29, 1.82) is 0 Å². The Kier molecular flexibility index (Phi) is 47.1. The van der Waals surface area contributed by atoms with Crippen LogP contribution < -0.4 is 0 Å². The van der Waals surface area contributed by atoms with Gasteiger partial charge in [0.2, 0.25) is 0 Å². The molecule has 0 aromatic heterocycles. The zero-order chi connectivity index (χ0) is 55.8. The highest BCUT2D eigenvalue weighted by molar-refractivity contribution is 5.69. The summed E-state index contributed by atoms with van der Waals surface area (Å²) >= 11 is 0. The van der Waals surface area contributed by atoms with Crippen LogP contribution in [0.1, 0.15) is 284 Å². The average Bonchev–Trinajstić information content (AvgIpc) is 3.43. The molecule has 7 N–H and O–H groups in total. The summed E-state index contributed by atoms with van der Waals surface area (Å²) in [6.45, 7) is 3.75. The molecular weight excluding hydrogens is 981 g/mol. The molecule has 0 spiro atoms. The maximum Gasteiger partial charge on any atom is 0.306 e. The Bertz CT molecular complexity index is 1320. The lowest BCUT2D eigenvalue weighted by atomic mass is 9.98.